The fourth-order valence-electron chi connectivity index (χ4n) is 3.23. The summed E-state index contributed by atoms with van der Waals surface area (Å²) >= 11 is 2.80. The first kappa shape index (κ1) is 17.3. The molecule has 0 fully saturated rings. The number of hydrogen-bond donors (Lipinski definition) is 0. The summed E-state index contributed by atoms with van der Waals surface area (Å²) in [5.41, 5.74) is 2.48. The first-order chi connectivity index (χ1) is 12.5. The standard InChI is InChI=1S/C19H19N3O2S2/c1-12(17(23)22-9-7-13-5-3-4-6-14(13)11-22)26-19-20-16-15(8-10-25-16)18(24)21(19)2/h3-6,8,10,12H,7,9,11H2,1-2H3. The van der Waals surface area contributed by atoms with Crippen molar-refractivity contribution < 1.29 is 4.79 Å². The molecular formula is C19H19N3O2S2. The second kappa shape index (κ2) is 6.89. The van der Waals surface area contributed by atoms with Crippen LogP contribution in [0.15, 0.2) is 45.7 Å². The molecule has 3 heterocycles. The van der Waals surface area contributed by atoms with Gasteiger partial charge in [0.15, 0.2) is 5.16 Å². The zero-order chi connectivity index (χ0) is 18.3. The van der Waals surface area contributed by atoms with Crippen LogP contribution in [-0.2, 0) is 24.8 Å². The molecule has 0 N–H and O–H groups in total. The van der Waals surface area contributed by atoms with E-state index < -0.39 is 0 Å². The topological polar surface area (TPSA) is 55.2 Å². The number of amides is 1. The highest BCUT2D eigenvalue weighted by molar-refractivity contribution is 8.00. The van der Waals surface area contributed by atoms with Gasteiger partial charge in [0.2, 0.25) is 5.91 Å². The number of aromatic nitrogens is 2. The van der Waals surface area contributed by atoms with Crippen LogP contribution in [0.3, 0.4) is 0 Å². The highest BCUT2D eigenvalue weighted by Crippen LogP contribution is 2.27. The Morgan fingerprint density at radius 1 is 1.27 bits per heavy atom. The molecule has 0 spiro atoms. The molecule has 1 aliphatic heterocycles. The molecule has 0 aliphatic carbocycles. The summed E-state index contributed by atoms with van der Waals surface area (Å²) < 4.78 is 1.54. The maximum atomic E-state index is 12.9. The number of nitrogens with zero attached hydrogens (tertiary/aromatic N) is 3. The van der Waals surface area contributed by atoms with Gasteiger partial charge < -0.3 is 4.90 Å². The van der Waals surface area contributed by atoms with Crippen LogP contribution in [0, 0.1) is 0 Å². The first-order valence-electron chi connectivity index (χ1n) is 8.51. The van der Waals surface area contributed by atoms with Gasteiger partial charge in [0, 0.05) is 20.1 Å². The van der Waals surface area contributed by atoms with Gasteiger partial charge in [-0.3, -0.25) is 14.2 Å². The lowest BCUT2D eigenvalue weighted by atomic mass is 10.00. The van der Waals surface area contributed by atoms with Crippen molar-refractivity contribution in [2.24, 2.45) is 7.05 Å². The Hall–Kier alpha value is -2.12. The number of rotatable bonds is 3. The molecule has 0 bridgehead atoms. The van der Waals surface area contributed by atoms with Crippen LogP contribution in [0.5, 0.6) is 0 Å². The van der Waals surface area contributed by atoms with Crippen LogP contribution in [0.1, 0.15) is 18.1 Å². The average molecular weight is 386 g/mol. The lowest BCUT2D eigenvalue weighted by molar-refractivity contribution is -0.131. The van der Waals surface area contributed by atoms with E-state index in [0.717, 1.165) is 17.8 Å². The summed E-state index contributed by atoms with van der Waals surface area (Å²) in [6.45, 7) is 3.27. The number of thiophene rings is 1. The van der Waals surface area contributed by atoms with Crippen molar-refractivity contribution in [2.45, 2.75) is 30.3 Å². The Morgan fingerprint density at radius 3 is 2.85 bits per heavy atom. The number of carbonyl (C=O) groups is 1. The normalized spacial score (nSPS) is 15.1. The molecule has 2 aromatic heterocycles. The quantitative estimate of drug-likeness (QED) is 0.514. The van der Waals surface area contributed by atoms with E-state index in [4.69, 9.17) is 0 Å². The molecule has 1 amide bonds. The van der Waals surface area contributed by atoms with Gasteiger partial charge in [-0.2, -0.15) is 0 Å². The van der Waals surface area contributed by atoms with E-state index in [-0.39, 0.29) is 16.7 Å². The molecule has 0 radical (unpaired) electrons. The molecular weight excluding hydrogens is 366 g/mol. The van der Waals surface area contributed by atoms with Gasteiger partial charge in [-0.15, -0.1) is 11.3 Å². The van der Waals surface area contributed by atoms with Crippen LogP contribution in [0.4, 0.5) is 0 Å². The van der Waals surface area contributed by atoms with Gasteiger partial charge in [-0.05, 0) is 35.9 Å². The van der Waals surface area contributed by atoms with E-state index in [1.165, 1.54) is 38.8 Å². The number of fused-ring (bicyclic) bond motifs is 2. The van der Waals surface area contributed by atoms with Crippen LogP contribution in [0.25, 0.3) is 10.2 Å². The minimum absolute atomic E-state index is 0.0645. The second-order valence-corrected chi connectivity index (χ2v) is 8.64. The Labute approximate surface area is 159 Å². The summed E-state index contributed by atoms with van der Waals surface area (Å²) in [6.07, 6.45) is 0.886. The molecule has 26 heavy (non-hydrogen) atoms. The summed E-state index contributed by atoms with van der Waals surface area (Å²) in [6, 6.07) is 10.1. The third-order valence-electron chi connectivity index (χ3n) is 4.74. The summed E-state index contributed by atoms with van der Waals surface area (Å²) in [5, 5.41) is 2.79. The summed E-state index contributed by atoms with van der Waals surface area (Å²) in [4.78, 5) is 32.5. The molecule has 1 aromatic carbocycles. The molecule has 134 valence electrons. The van der Waals surface area contributed by atoms with Gasteiger partial charge in [-0.25, -0.2) is 4.98 Å². The zero-order valence-electron chi connectivity index (χ0n) is 14.6. The van der Waals surface area contributed by atoms with Crippen LogP contribution in [0.2, 0.25) is 0 Å². The monoisotopic (exact) mass is 385 g/mol. The molecule has 1 unspecified atom stereocenters. The van der Waals surface area contributed by atoms with E-state index in [9.17, 15) is 9.59 Å². The fraction of sp³-hybridized carbons (Fsp3) is 0.316. The predicted molar refractivity (Wildman–Crippen MR) is 106 cm³/mol. The van der Waals surface area contributed by atoms with E-state index in [1.807, 2.05) is 29.3 Å². The Morgan fingerprint density at radius 2 is 2.04 bits per heavy atom. The van der Waals surface area contributed by atoms with Crippen molar-refractivity contribution in [1.29, 1.82) is 0 Å². The van der Waals surface area contributed by atoms with Crippen LogP contribution >= 0.6 is 23.1 Å². The van der Waals surface area contributed by atoms with Crippen LogP contribution < -0.4 is 5.56 Å². The molecule has 0 saturated heterocycles. The average Bonchev–Trinajstić information content (AvgIpc) is 3.13. The van der Waals surface area contributed by atoms with E-state index in [1.54, 1.807) is 13.1 Å². The Kier molecular flexibility index (Phi) is 4.58. The SMILES string of the molecule is CC(Sc1nc2sccc2c(=O)n1C)C(=O)N1CCc2ccccc2C1. The largest absolute Gasteiger partial charge is 0.337 e. The summed E-state index contributed by atoms with van der Waals surface area (Å²) in [7, 11) is 1.71. The Bertz CT molecular complexity index is 1040. The van der Waals surface area contributed by atoms with Gasteiger partial charge in [0.25, 0.3) is 5.56 Å². The number of carbonyl (C=O) groups excluding carboxylic acids is 1. The van der Waals surface area contributed by atoms with Crippen molar-refractivity contribution >= 4 is 39.2 Å². The first-order valence-corrected chi connectivity index (χ1v) is 10.3. The second-order valence-electron chi connectivity index (χ2n) is 6.44. The summed E-state index contributed by atoms with van der Waals surface area (Å²) in [5.74, 6) is 0.0880. The lowest BCUT2D eigenvalue weighted by Gasteiger charge is -2.30. The van der Waals surface area contributed by atoms with Gasteiger partial charge in [0.1, 0.15) is 4.83 Å². The maximum absolute atomic E-state index is 12.9. The van der Waals surface area contributed by atoms with Crippen molar-refractivity contribution in [3.63, 3.8) is 0 Å². The van der Waals surface area contributed by atoms with Gasteiger partial charge >= 0.3 is 0 Å². The van der Waals surface area contributed by atoms with Crippen molar-refractivity contribution in [3.8, 4) is 0 Å². The minimum Gasteiger partial charge on any atom is -0.337 e. The molecule has 4 rings (SSSR count). The lowest BCUT2D eigenvalue weighted by Crippen LogP contribution is -2.40. The third kappa shape index (κ3) is 3.05. The molecule has 1 aliphatic rings. The molecule has 7 heteroatoms. The molecule has 5 nitrogen and oxygen atoms in total. The maximum Gasteiger partial charge on any atom is 0.262 e. The number of thioether (sulfide) groups is 1. The predicted octanol–water partition coefficient (Wildman–Crippen LogP) is 3.06. The Balaban J connectivity index is 1.53. The number of benzene rings is 1. The highest BCUT2D eigenvalue weighted by Gasteiger charge is 2.26. The highest BCUT2D eigenvalue weighted by atomic mass is 32.2. The number of hydrogen-bond acceptors (Lipinski definition) is 5. The molecule has 1 atom stereocenters. The van der Waals surface area contributed by atoms with Crippen LogP contribution in [-0.4, -0.2) is 32.2 Å². The van der Waals surface area contributed by atoms with Gasteiger partial charge in [-0.1, -0.05) is 36.0 Å². The van der Waals surface area contributed by atoms with Gasteiger partial charge in [0.05, 0.1) is 10.6 Å². The zero-order valence-corrected chi connectivity index (χ0v) is 16.3. The van der Waals surface area contributed by atoms with E-state index in [2.05, 4.69) is 17.1 Å². The van der Waals surface area contributed by atoms with Crippen molar-refractivity contribution in [2.75, 3.05) is 6.54 Å². The fourth-order valence-corrected chi connectivity index (χ4v) is 5.00. The smallest absolute Gasteiger partial charge is 0.262 e. The molecule has 3 aromatic rings. The van der Waals surface area contributed by atoms with E-state index in [0.29, 0.717) is 17.1 Å². The third-order valence-corrected chi connectivity index (χ3v) is 6.67. The minimum atomic E-state index is -0.296. The van der Waals surface area contributed by atoms with E-state index >= 15 is 0 Å². The molecule has 0 saturated carbocycles. The van der Waals surface area contributed by atoms with Crippen molar-refractivity contribution in [3.05, 3.63) is 57.2 Å². The van der Waals surface area contributed by atoms with Crippen molar-refractivity contribution in [1.82, 2.24) is 14.5 Å².